The minimum Gasteiger partial charge on any atom is -0.310 e. The van der Waals surface area contributed by atoms with Crippen LogP contribution in [0.2, 0.25) is 0 Å². The molecule has 1 aromatic heterocycles. The lowest BCUT2D eigenvalue weighted by molar-refractivity contribution is -0.118. The number of carbonyl (C=O) groups is 1. The Hall–Kier alpha value is -1.42. The van der Waals surface area contributed by atoms with Gasteiger partial charge in [0.15, 0.2) is 0 Å². The Balaban J connectivity index is 1.94. The maximum atomic E-state index is 12.1. The number of hydrogen-bond donors (Lipinski definition) is 1. The predicted molar refractivity (Wildman–Crippen MR) is 79.6 cm³/mol. The van der Waals surface area contributed by atoms with Gasteiger partial charge in [0, 0.05) is 30.8 Å². The van der Waals surface area contributed by atoms with Crippen molar-refractivity contribution in [3.05, 3.63) is 23.4 Å². The van der Waals surface area contributed by atoms with E-state index in [-0.39, 0.29) is 5.91 Å². The molecule has 20 heavy (non-hydrogen) atoms. The van der Waals surface area contributed by atoms with Crippen molar-refractivity contribution in [3.63, 3.8) is 0 Å². The highest BCUT2D eigenvalue weighted by Gasteiger charge is 2.28. The number of fused-ring (bicyclic) bond motifs is 2. The molecule has 0 saturated carbocycles. The molecule has 1 atom stereocenters. The van der Waals surface area contributed by atoms with Crippen LogP contribution in [0.5, 0.6) is 0 Å². The zero-order chi connectivity index (χ0) is 14.1. The highest BCUT2D eigenvalue weighted by Crippen LogP contribution is 2.28. The van der Waals surface area contributed by atoms with Crippen molar-refractivity contribution in [2.75, 3.05) is 11.9 Å². The molecule has 0 bridgehead atoms. The topological polar surface area (TPSA) is 45.2 Å². The first kappa shape index (κ1) is 13.6. The van der Waals surface area contributed by atoms with Gasteiger partial charge in [-0.3, -0.25) is 9.69 Å². The van der Waals surface area contributed by atoms with Crippen LogP contribution in [0.3, 0.4) is 0 Å². The number of hydrogen-bond acceptors (Lipinski definition) is 3. The number of pyridine rings is 1. The van der Waals surface area contributed by atoms with Gasteiger partial charge < -0.3 is 5.32 Å². The Morgan fingerprint density at radius 1 is 1.40 bits per heavy atom. The molecule has 1 amide bonds. The lowest BCUT2D eigenvalue weighted by Crippen LogP contribution is -2.42. The summed E-state index contributed by atoms with van der Waals surface area (Å²) in [5.74, 6) is 1.32. The SMILES string of the molecule is CC(C)c1cnc2c(c1)CN1CCCCC1CC(=O)N2. The summed E-state index contributed by atoms with van der Waals surface area (Å²) >= 11 is 0. The second-order valence-corrected chi connectivity index (χ2v) is 6.30. The second-order valence-electron chi connectivity index (χ2n) is 6.30. The van der Waals surface area contributed by atoms with Crippen LogP contribution in [-0.2, 0) is 11.3 Å². The number of rotatable bonds is 1. The van der Waals surface area contributed by atoms with Crippen LogP contribution in [0.15, 0.2) is 12.3 Å². The van der Waals surface area contributed by atoms with Crippen molar-refractivity contribution in [1.82, 2.24) is 9.88 Å². The highest BCUT2D eigenvalue weighted by atomic mass is 16.1. The molecule has 1 saturated heterocycles. The third kappa shape index (κ3) is 2.70. The van der Waals surface area contributed by atoms with Crippen LogP contribution in [-0.4, -0.2) is 28.4 Å². The van der Waals surface area contributed by atoms with Gasteiger partial charge in [-0.15, -0.1) is 0 Å². The average molecular weight is 273 g/mol. The number of piperidine rings is 1. The molecule has 1 unspecified atom stereocenters. The summed E-state index contributed by atoms with van der Waals surface area (Å²) < 4.78 is 0. The van der Waals surface area contributed by atoms with E-state index in [9.17, 15) is 4.79 Å². The Kier molecular flexibility index (Phi) is 3.74. The van der Waals surface area contributed by atoms with E-state index in [0.29, 0.717) is 18.4 Å². The van der Waals surface area contributed by atoms with Crippen molar-refractivity contribution in [2.45, 2.75) is 58.0 Å². The van der Waals surface area contributed by atoms with Crippen LogP contribution < -0.4 is 5.32 Å². The zero-order valence-corrected chi connectivity index (χ0v) is 12.4. The third-order valence-corrected chi connectivity index (χ3v) is 4.46. The molecular formula is C16H23N3O. The Labute approximate surface area is 120 Å². The fraction of sp³-hybridized carbons (Fsp3) is 0.625. The van der Waals surface area contributed by atoms with Crippen LogP contribution in [0.25, 0.3) is 0 Å². The van der Waals surface area contributed by atoms with E-state index in [1.54, 1.807) is 0 Å². The zero-order valence-electron chi connectivity index (χ0n) is 12.4. The fourth-order valence-electron chi connectivity index (χ4n) is 3.19. The number of anilines is 1. The van der Waals surface area contributed by atoms with Crippen molar-refractivity contribution < 1.29 is 4.79 Å². The molecule has 4 heteroatoms. The maximum Gasteiger partial charge on any atom is 0.227 e. The summed E-state index contributed by atoms with van der Waals surface area (Å²) in [5, 5.41) is 2.98. The molecule has 2 aliphatic heterocycles. The lowest BCUT2D eigenvalue weighted by atomic mass is 9.96. The van der Waals surface area contributed by atoms with E-state index < -0.39 is 0 Å². The van der Waals surface area contributed by atoms with Gasteiger partial charge >= 0.3 is 0 Å². The van der Waals surface area contributed by atoms with E-state index >= 15 is 0 Å². The molecule has 4 nitrogen and oxygen atoms in total. The molecule has 1 fully saturated rings. The molecule has 3 rings (SSSR count). The molecule has 3 heterocycles. The smallest absolute Gasteiger partial charge is 0.227 e. The fourth-order valence-corrected chi connectivity index (χ4v) is 3.19. The molecule has 0 aromatic carbocycles. The average Bonchev–Trinajstić information content (AvgIpc) is 2.40. The quantitative estimate of drug-likeness (QED) is 0.855. The number of nitrogens with zero attached hydrogens (tertiary/aromatic N) is 2. The summed E-state index contributed by atoms with van der Waals surface area (Å²) in [7, 11) is 0. The van der Waals surface area contributed by atoms with Gasteiger partial charge in [-0.25, -0.2) is 4.98 Å². The maximum absolute atomic E-state index is 12.1. The number of aromatic nitrogens is 1. The van der Waals surface area contributed by atoms with Gasteiger partial charge in [0.05, 0.1) is 0 Å². The first-order chi connectivity index (χ1) is 9.63. The normalized spacial score (nSPS) is 23.6. The van der Waals surface area contributed by atoms with Gasteiger partial charge in [0.1, 0.15) is 5.82 Å². The monoisotopic (exact) mass is 273 g/mol. The molecule has 2 aliphatic rings. The molecule has 0 aliphatic carbocycles. The molecule has 0 radical (unpaired) electrons. The van der Waals surface area contributed by atoms with E-state index in [1.165, 1.54) is 18.4 Å². The summed E-state index contributed by atoms with van der Waals surface area (Å²) in [5.41, 5.74) is 2.41. The van der Waals surface area contributed by atoms with Crippen molar-refractivity contribution in [1.29, 1.82) is 0 Å². The minimum absolute atomic E-state index is 0.104. The predicted octanol–water partition coefficient (Wildman–Crippen LogP) is 2.90. The molecule has 1 aromatic rings. The van der Waals surface area contributed by atoms with Crippen LogP contribution in [0, 0.1) is 0 Å². The second kappa shape index (κ2) is 5.52. The van der Waals surface area contributed by atoms with E-state index in [0.717, 1.165) is 30.9 Å². The largest absolute Gasteiger partial charge is 0.310 e. The lowest BCUT2D eigenvalue weighted by Gasteiger charge is -2.37. The van der Waals surface area contributed by atoms with Crippen LogP contribution in [0.1, 0.15) is 56.6 Å². The van der Waals surface area contributed by atoms with E-state index in [1.807, 2.05) is 6.20 Å². The van der Waals surface area contributed by atoms with Crippen molar-refractivity contribution >= 4 is 11.7 Å². The number of amides is 1. The van der Waals surface area contributed by atoms with Crippen molar-refractivity contribution in [3.8, 4) is 0 Å². The van der Waals surface area contributed by atoms with Gasteiger partial charge in [-0.2, -0.15) is 0 Å². The van der Waals surface area contributed by atoms with Crippen LogP contribution >= 0.6 is 0 Å². The van der Waals surface area contributed by atoms with Crippen molar-refractivity contribution in [2.24, 2.45) is 0 Å². The first-order valence-electron chi connectivity index (χ1n) is 7.66. The van der Waals surface area contributed by atoms with E-state index in [2.05, 4.69) is 35.1 Å². The summed E-state index contributed by atoms with van der Waals surface area (Å²) in [6.07, 6.45) is 6.11. The number of nitrogens with one attached hydrogen (secondary N) is 1. The van der Waals surface area contributed by atoms with Crippen LogP contribution in [0.4, 0.5) is 5.82 Å². The summed E-state index contributed by atoms with van der Waals surface area (Å²) in [6.45, 7) is 6.36. The van der Waals surface area contributed by atoms with Gasteiger partial charge in [-0.05, 0) is 36.9 Å². The summed E-state index contributed by atoms with van der Waals surface area (Å²) in [4.78, 5) is 19.0. The Morgan fingerprint density at radius 2 is 2.25 bits per heavy atom. The van der Waals surface area contributed by atoms with E-state index in [4.69, 9.17) is 0 Å². The molecule has 108 valence electrons. The molecular weight excluding hydrogens is 250 g/mol. The van der Waals surface area contributed by atoms with Gasteiger partial charge in [0.2, 0.25) is 5.91 Å². The van der Waals surface area contributed by atoms with Gasteiger partial charge in [-0.1, -0.05) is 20.3 Å². The Morgan fingerprint density at radius 3 is 3.05 bits per heavy atom. The molecule has 0 spiro atoms. The third-order valence-electron chi connectivity index (χ3n) is 4.46. The minimum atomic E-state index is 0.104. The summed E-state index contributed by atoms with van der Waals surface area (Å²) in [6, 6.07) is 2.61. The highest BCUT2D eigenvalue weighted by molar-refractivity contribution is 5.91. The Bertz CT molecular complexity index is 512. The number of carbonyl (C=O) groups excluding carboxylic acids is 1. The first-order valence-corrected chi connectivity index (χ1v) is 7.66. The van der Waals surface area contributed by atoms with Gasteiger partial charge in [0.25, 0.3) is 0 Å². The standard InChI is InChI=1S/C16H23N3O/c1-11(2)12-7-13-10-19-6-4-3-5-14(19)8-15(20)18-16(13)17-9-12/h7,9,11,14H,3-6,8,10H2,1-2H3,(H,17,18,20). The molecule has 1 N–H and O–H groups in total.